The van der Waals surface area contributed by atoms with Crippen molar-refractivity contribution in [2.24, 2.45) is 11.8 Å². The fraction of sp³-hybridized carbons (Fsp3) is 0.579. The van der Waals surface area contributed by atoms with E-state index >= 15 is 0 Å². The van der Waals surface area contributed by atoms with Crippen molar-refractivity contribution in [3.05, 3.63) is 18.2 Å². The summed E-state index contributed by atoms with van der Waals surface area (Å²) in [6, 6.07) is 4.75. The number of anilines is 1. The number of rotatable bonds is 4. The fourth-order valence-corrected chi connectivity index (χ4v) is 4.06. The van der Waals surface area contributed by atoms with Gasteiger partial charge >= 0.3 is 0 Å². The van der Waals surface area contributed by atoms with E-state index in [-0.39, 0.29) is 24.3 Å². The average Bonchev–Trinajstić information content (AvgIpc) is 2.88. The van der Waals surface area contributed by atoms with E-state index in [1.165, 1.54) is 11.3 Å². The predicted molar refractivity (Wildman–Crippen MR) is 95.0 cm³/mol. The maximum absolute atomic E-state index is 13.0. The largest absolute Gasteiger partial charge is 0.497 e. The first-order chi connectivity index (χ1) is 11.9. The van der Waals surface area contributed by atoms with Crippen LogP contribution in [0.3, 0.4) is 0 Å². The molecule has 2 heterocycles. The minimum Gasteiger partial charge on any atom is -0.497 e. The first kappa shape index (κ1) is 17.7. The third kappa shape index (κ3) is 3.49. The zero-order valence-electron chi connectivity index (χ0n) is 15.3. The smallest absolute Gasteiger partial charge is 0.251 e. The highest BCUT2D eigenvalue weighted by atomic mass is 16.5. The summed E-state index contributed by atoms with van der Waals surface area (Å²) in [5.41, 5.74) is 0.506. The molecule has 0 saturated carbocycles. The molecular weight excluding hydrogens is 320 g/mol. The van der Waals surface area contributed by atoms with Gasteiger partial charge in [0.15, 0.2) is 0 Å². The van der Waals surface area contributed by atoms with E-state index in [0.29, 0.717) is 29.0 Å². The van der Waals surface area contributed by atoms with Crippen LogP contribution in [-0.4, -0.2) is 50.1 Å². The highest BCUT2D eigenvalue weighted by Gasteiger charge is 2.44. The monoisotopic (exact) mass is 346 g/mol. The first-order valence-corrected chi connectivity index (χ1v) is 8.76. The molecule has 2 saturated heterocycles. The lowest BCUT2D eigenvalue weighted by Gasteiger charge is -2.37. The number of imide groups is 1. The molecule has 136 valence electrons. The van der Waals surface area contributed by atoms with Crippen LogP contribution in [0.2, 0.25) is 0 Å². The Balaban J connectivity index is 1.87. The molecule has 1 aromatic carbocycles. The number of hydrogen-bond donors (Lipinski definition) is 0. The van der Waals surface area contributed by atoms with Crippen molar-refractivity contribution >= 4 is 17.5 Å². The van der Waals surface area contributed by atoms with Crippen LogP contribution in [0.5, 0.6) is 11.5 Å². The number of benzene rings is 1. The van der Waals surface area contributed by atoms with E-state index < -0.39 is 0 Å². The van der Waals surface area contributed by atoms with Gasteiger partial charge in [-0.3, -0.25) is 14.5 Å². The van der Waals surface area contributed by atoms with Gasteiger partial charge in [0.25, 0.3) is 5.91 Å². The lowest BCUT2D eigenvalue weighted by atomic mass is 9.90. The highest BCUT2D eigenvalue weighted by Crippen LogP contribution is 2.34. The quantitative estimate of drug-likeness (QED) is 0.783. The third-order valence-electron chi connectivity index (χ3n) is 5.06. The van der Waals surface area contributed by atoms with Gasteiger partial charge in [-0.15, -0.1) is 0 Å². The molecule has 3 rings (SSSR count). The molecule has 0 N–H and O–H groups in total. The summed E-state index contributed by atoms with van der Waals surface area (Å²) in [7, 11) is 3.09. The number of piperidine rings is 1. The van der Waals surface area contributed by atoms with Gasteiger partial charge in [0.05, 0.1) is 32.4 Å². The number of carbonyl (C=O) groups is 2. The van der Waals surface area contributed by atoms with Crippen LogP contribution in [0.4, 0.5) is 5.69 Å². The Morgan fingerprint density at radius 3 is 2.04 bits per heavy atom. The molecule has 1 aromatic rings. The zero-order valence-corrected chi connectivity index (χ0v) is 15.3. The molecule has 2 aliphatic heterocycles. The van der Waals surface area contributed by atoms with Gasteiger partial charge in [-0.25, -0.2) is 4.90 Å². The minimum atomic E-state index is -0.366. The van der Waals surface area contributed by atoms with E-state index in [4.69, 9.17) is 9.47 Å². The van der Waals surface area contributed by atoms with Crippen molar-refractivity contribution in [2.45, 2.75) is 32.7 Å². The molecule has 2 fully saturated rings. The highest BCUT2D eigenvalue weighted by molar-refractivity contribution is 6.22. The standard InChI is InChI=1S/C19H26N2O4/c1-12-5-13(2)11-20(10-12)17-9-18(22)21(19(17)23)14-6-15(24-3)8-16(7-14)25-4/h6-8,12-13,17H,5,9-11H2,1-4H3. The molecule has 0 aliphatic carbocycles. The molecule has 0 radical (unpaired) electrons. The molecule has 2 aliphatic rings. The van der Waals surface area contributed by atoms with Gasteiger partial charge < -0.3 is 9.47 Å². The van der Waals surface area contributed by atoms with Crippen LogP contribution in [0.25, 0.3) is 0 Å². The summed E-state index contributed by atoms with van der Waals surface area (Å²) in [5.74, 6) is 1.87. The summed E-state index contributed by atoms with van der Waals surface area (Å²) in [6.07, 6.45) is 1.40. The average molecular weight is 346 g/mol. The summed E-state index contributed by atoms with van der Waals surface area (Å²) in [4.78, 5) is 29.1. The first-order valence-electron chi connectivity index (χ1n) is 8.76. The Morgan fingerprint density at radius 1 is 0.960 bits per heavy atom. The number of ether oxygens (including phenoxy) is 2. The Hall–Kier alpha value is -2.08. The lowest BCUT2D eigenvalue weighted by Crippen LogP contribution is -2.48. The molecule has 0 spiro atoms. The normalized spacial score (nSPS) is 27.7. The second-order valence-electron chi connectivity index (χ2n) is 7.26. The molecule has 3 atom stereocenters. The Bertz CT molecular complexity index is 643. The van der Waals surface area contributed by atoms with Crippen molar-refractivity contribution in [1.82, 2.24) is 4.90 Å². The molecule has 2 amide bonds. The summed E-state index contributed by atoms with van der Waals surface area (Å²) in [5, 5.41) is 0. The zero-order chi connectivity index (χ0) is 18.1. The van der Waals surface area contributed by atoms with Gasteiger partial charge in [-0.1, -0.05) is 13.8 Å². The Labute approximate surface area is 148 Å². The van der Waals surface area contributed by atoms with E-state index in [9.17, 15) is 9.59 Å². The number of amides is 2. The van der Waals surface area contributed by atoms with Crippen molar-refractivity contribution < 1.29 is 19.1 Å². The Kier molecular flexibility index (Phi) is 4.99. The predicted octanol–water partition coefficient (Wildman–Crippen LogP) is 2.31. The topological polar surface area (TPSA) is 59.1 Å². The van der Waals surface area contributed by atoms with E-state index in [0.717, 1.165) is 13.1 Å². The maximum Gasteiger partial charge on any atom is 0.251 e. The molecule has 0 aromatic heterocycles. The number of hydrogen-bond acceptors (Lipinski definition) is 5. The van der Waals surface area contributed by atoms with Crippen molar-refractivity contribution in [3.8, 4) is 11.5 Å². The number of carbonyl (C=O) groups excluding carboxylic acids is 2. The molecule has 25 heavy (non-hydrogen) atoms. The van der Waals surface area contributed by atoms with Gasteiger partial charge in [-0.2, -0.15) is 0 Å². The van der Waals surface area contributed by atoms with Gasteiger partial charge in [-0.05, 0) is 18.3 Å². The SMILES string of the molecule is COc1cc(OC)cc(N2C(=O)CC(N3CC(C)CC(C)C3)C2=O)c1. The van der Waals surface area contributed by atoms with Gasteiger partial charge in [0, 0.05) is 31.3 Å². The van der Waals surface area contributed by atoms with Crippen LogP contribution in [0.1, 0.15) is 26.7 Å². The van der Waals surface area contributed by atoms with Gasteiger partial charge in [0.1, 0.15) is 11.5 Å². The van der Waals surface area contributed by atoms with Crippen LogP contribution < -0.4 is 14.4 Å². The summed E-state index contributed by atoms with van der Waals surface area (Å²) in [6.45, 7) is 6.13. The molecule has 0 bridgehead atoms. The summed E-state index contributed by atoms with van der Waals surface area (Å²) < 4.78 is 10.5. The van der Waals surface area contributed by atoms with Crippen LogP contribution in [0.15, 0.2) is 18.2 Å². The van der Waals surface area contributed by atoms with Crippen molar-refractivity contribution in [1.29, 1.82) is 0 Å². The van der Waals surface area contributed by atoms with Crippen molar-refractivity contribution in [2.75, 3.05) is 32.2 Å². The molecule has 6 heteroatoms. The van der Waals surface area contributed by atoms with Crippen LogP contribution in [-0.2, 0) is 9.59 Å². The molecule has 3 unspecified atom stereocenters. The number of nitrogens with zero attached hydrogens (tertiary/aromatic N) is 2. The number of likely N-dealkylation sites (tertiary alicyclic amines) is 1. The molecule has 6 nitrogen and oxygen atoms in total. The lowest BCUT2D eigenvalue weighted by molar-refractivity contribution is -0.123. The fourth-order valence-electron chi connectivity index (χ4n) is 4.06. The van der Waals surface area contributed by atoms with E-state index in [1.54, 1.807) is 32.4 Å². The van der Waals surface area contributed by atoms with E-state index in [1.807, 2.05) is 0 Å². The number of methoxy groups -OCH3 is 2. The van der Waals surface area contributed by atoms with Crippen LogP contribution in [0, 0.1) is 11.8 Å². The van der Waals surface area contributed by atoms with Crippen molar-refractivity contribution in [3.63, 3.8) is 0 Å². The minimum absolute atomic E-state index is 0.151. The van der Waals surface area contributed by atoms with E-state index in [2.05, 4.69) is 18.7 Å². The van der Waals surface area contributed by atoms with Gasteiger partial charge in [0.2, 0.25) is 5.91 Å². The Morgan fingerprint density at radius 2 is 1.52 bits per heavy atom. The second-order valence-corrected chi connectivity index (χ2v) is 7.26. The third-order valence-corrected chi connectivity index (χ3v) is 5.06. The second kappa shape index (κ2) is 7.04. The molecular formula is C19H26N2O4. The maximum atomic E-state index is 13.0. The summed E-state index contributed by atoms with van der Waals surface area (Å²) >= 11 is 0. The van der Waals surface area contributed by atoms with Crippen LogP contribution >= 0.6 is 0 Å².